The minimum Gasteiger partial charge on any atom is -0.489 e. The van der Waals surface area contributed by atoms with Crippen LogP contribution in [0, 0.1) is 12.8 Å². The maximum absolute atomic E-state index is 11.3. The number of hydrogen-bond acceptors (Lipinski definition) is 4. The van der Waals surface area contributed by atoms with E-state index >= 15 is 0 Å². The first kappa shape index (κ1) is 32.0. The highest BCUT2D eigenvalue weighted by Gasteiger charge is 2.12. The molecule has 3 aromatic rings. The van der Waals surface area contributed by atoms with E-state index in [-0.39, 0.29) is 11.3 Å². The van der Waals surface area contributed by atoms with Gasteiger partial charge in [-0.05, 0) is 79.9 Å². The van der Waals surface area contributed by atoms with Crippen LogP contribution in [0.1, 0.15) is 42.3 Å². The lowest BCUT2D eigenvalue weighted by Gasteiger charge is -2.11. The average molecular weight is 554 g/mol. The van der Waals surface area contributed by atoms with Gasteiger partial charge in [-0.1, -0.05) is 59.7 Å². The Hall–Kier alpha value is -3.99. The molecular formula is C30H32ClNO5S. The van der Waals surface area contributed by atoms with Crippen molar-refractivity contribution >= 4 is 38.9 Å². The monoisotopic (exact) mass is 553 g/mol. The highest BCUT2D eigenvalue weighted by molar-refractivity contribution is 7.92. The fourth-order valence-electron chi connectivity index (χ4n) is 3.17. The van der Waals surface area contributed by atoms with Crippen LogP contribution in [-0.4, -0.2) is 25.7 Å². The summed E-state index contributed by atoms with van der Waals surface area (Å²) in [6.45, 7) is 6.26. The van der Waals surface area contributed by atoms with Gasteiger partial charge in [0.05, 0.1) is 11.8 Å². The molecule has 200 valence electrons. The van der Waals surface area contributed by atoms with E-state index in [0.717, 1.165) is 33.7 Å². The fraction of sp³-hybridized carbons (Fsp3) is 0.167. The van der Waals surface area contributed by atoms with Gasteiger partial charge in [-0.2, -0.15) is 0 Å². The number of allylic oxidation sites excluding steroid dienone is 4. The number of aromatic carboxylic acids is 1. The Bertz CT molecular complexity index is 1370. The second kappa shape index (κ2) is 16.0. The van der Waals surface area contributed by atoms with Gasteiger partial charge in [0, 0.05) is 10.7 Å². The van der Waals surface area contributed by atoms with Crippen molar-refractivity contribution in [3.05, 3.63) is 112 Å². The van der Waals surface area contributed by atoms with Gasteiger partial charge in [0.15, 0.2) is 0 Å². The van der Waals surface area contributed by atoms with Crippen molar-refractivity contribution in [2.45, 2.75) is 27.4 Å². The van der Waals surface area contributed by atoms with E-state index in [1.165, 1.54) is 12.1 Å². The second-order valence-electron chi connectivity index (χ2n) is 8.12. The molecule has 0 fully saturated rings. The molecule has 0 bridgehead atoms. The van der Waals surface area contributed by atoms with Gasteiger partial charge in [-0.25, -0.2) is 13.2 Å². The number of carbonyl (C=O) groups is 1. The van der Waals surface area contributed by atoms with Crippen molar-refractivity contribution < 1.29 is 23.1 Å². The summed E-state index contributed by atoms with van der Waals surface area (Å²) in [6, 6.07) is 21.9. The summed E-state index contributed by atoms with van der Waals surface area (Å²) in [4.78, 5) is 11.2. The number of terminal acetylenes is 1. The maximum Gasteiger partial charge on any atom is 0.335 e. The maximum atomic E-state index is 11.3. The van der Waals surface area contributed by atoms with E-state index in [4.69, 9.17) is 16.3 Å². The van der Waals surface area contributed by atoms with Crippen molar-refractivity contribution in [1.29, 1.82) is 0 Å². The van der Waals surface area contributed by atoms with Gasteiger partial charge in [0.1, 0.15) is 12.4 Å². The number of carboxylic acid groups (broad SMARTS) is 1. The molecule has 0 aliphatic carbocycles. The highest BCUT2D eigenvalue weighted by atomic mass is 35.5. The molecule has 38 heavy (non-hydrogen) atoms. The topological polar surface area (TPSA) is 92.7 Å². The smallest absolute Gasteiger partial charge is 0.335 e. The van der Waals surface area contributed by atoms with Crippen LogP contribution in [0.3, 0.4) is 0 Å². The quantitative estimate of drug-likeness (QED) is 0.225. The number of halogens is 1. The summed E-state index contributed by atoms with van der Waals surface area (Å²) >= 11 is 5.77. The number of benzene rings is 3. The van der Waals surface area contributed by atoms with E-state index in [2.05, 4.69) is 17.6 Å². The highest BCUT2D eigenvalue weighted by Crippen LogP contribution is 2.26. The van der Waals surface area contributed by atoms with Gasteiger partial charge in [0.2, 0.25) is 10.0 Å². The molecule has 0 aliphatic heterocycles. The van der Waals surface area contributed by atoms with Crippen LogP contribution in [0.25, 0.3) is 5.57 Å². The largest absolute Gasteiger partial charge is 0.489 e. The molecule has 0 saturated heterocycles. The van der Waals surface area contributed by atoms with Crippen LogP contribution >= 0.6 is 11.6 Å². The van der Waals surface area contributed by atoms with E-state index in [1.807, 2.05) is 87.5 Å². The van der Waals surface area contributed by atoms with Crippen LogP contribution in [0.2, 0.25) is 5.02 Å². The van der Waals surface area contributed by atoms with E-state index < -0.39 is 16.0 Å². The van der Waals surface area contributed by atoms with Gasteiger partial charge >= 0.3 is 5.97 Å². The van der Waals surface area contributed by atoms with Crippen molar-refractivity contribution in [2.24, 2.45) is 0 Å². The first-order chi connectivity index (χ1) is 18.0. The second-order valence-corrected chi connectivity index (χ2v) is 10.3. The molecule has 0 radical (unpaired) electrons. The van der Waals surface area contributed by atoms with Crippen molar-refractivity contribution in [1.82, 2.24) is 0 Å². The summed E-state index contributed by atoms with van der Waals surface area (Å²) < 4.78 is 30.6. The molecular weight excluding hydrogens is 522 g/mol. The Balaban J connectivity index is 0.000000372. The number of ether oxygens (including phenoxy) is 1. The number of hydrogen-bond donors (Lipinski definition) is 2. The zero-order chi connectivity index (χ0) is 28.7. The molecule has 0 aromatic heterocycles. The number of sulfonamides is 1. The number of rotatable bonds is 8. The minimum atomic E-state index is -3.47. The van der Waals surface area contributed by atoms with Crippen LogP contribution in [-0.2, 0) is 16.6 Å². The predicted molar refractivity (Wildman–Crippen MR) is 157 cm³/mol. The molecule has 0 heterocycles. The third-order valence-electron chi connectivity index (χ3n) is 4.73. The fourth-order valence-corrected chi connectivity index (χ4v) is 3.84. The third-order valence-corrected chi connectivity index (χ3v) is 5.59. The summed E-state index contributed by atoms with van der Waals surface area (Å²) in [5.74, 6) is -0.273. The van der Waals surface area contributed by atoms with Crippen molar-refractivity contribution in [3.63, 3.8) is 0 Å². The van der Waals surface area contributed by atoms with Crippen LogP contribution in [0.5, 0.6) is 5.75 Å². The van der Waals surface area contributed by atoms with Crippen LogP contribution < -0.4 is 9.46 Å². The van der Waals surface area contributed by atoms with E-state index in [9.17, 15) is 18.3 Å². The number of anilines is 1. The number of carboxylic acids is 1. The normalized spacial score (nSPS) is 10.3. The van der Waals surface area contributed by atoms with Crippen molar-refractivity contribution in [2.75, 3.05) is 11.0 Å². The van der Waals surface area contributed by atoms with E-state index in [0.29, 0.717) is 12.2 Å². The van der Waals surface area contributed by atoms with Gasteiger partial charge in [-0.15, -0.1) is 12.8 Å². The van der Waals surface area contributed by atoms with E-state index in [1.54, 1.807) is 6.07 Å². The molecule has 8 heteroatoms. The molecule has 0 amide bonds. The molecule has 3 rings (SSSR count). The molecule has 0 spiro atoms. The first-order valence-electron chi connectivity index (χ1n) is 11.4. The van der Waals surface area contributed by atoms with Gasteiger partial charge < -0.3 is 9.84 Å². The zero-order valence-electron chi connectivity index (χ0n) is 21.8. The Morgan fingerprint density at radius 1 is 1.00 bits per heavy atom. The Labute approximate surface area is 230 Å². The standard InChI is InChI=1S/C15H19NO4S.C13H11ClO.C2H2/c1-5-6-14(10(2)3)11-7-12(15(17)18)9-13(8-11)16-21(4,19)20;14-12-6-8-13(9-7-12)15-10-11-4-2-1-3-5-11;1-2/h5-9,16H,1-4H3,(H,17,18);1-9H,10H2;1-2H/b6-5-;;. The summed E-state index contributed by atoms with van der Waals surface area (Å²) in [5, 5.41) is 9.90. The first-order valence-corrected chi connectivity index (χ1v) is 13.7. The van der Waals surface area contributed by atoms with Gasteiger partial charge in [-0.3, -0.25) is 4.72 Å². The van der Waals surface area contributed by atoms with Crippen LogP contribution in [0.15, 0.2) is 90.5 Å². The Morgan fingerprint density at radius 3 is 2.08 bits per heavy atom. The Kier molecular flexibility index (Phi) is 13.5. The number of nitrogens with one attached hydrogen (secondary N) is 1. The summed E-state index contributed by atoms with van der Waals surface area (Å²) in [7, 11) is -3.47. The summed E-state index contributed by atoms with van der Waals surface area (Å²) in [5.41, 5.74) is 3.93. The van der Waals surface area contributed by atoms with Gasteiger partial charge in [0.25, 0.3) is 0 Å². The molecule has 0 saturated carbocycles. The average Bonchev–Trinajstić information content (AvgIpc) is 2.87. The molecule has 0 aliphatic rings. The SMILES string of the molecule is C#C.C/C=C\C(=C(C)C)c1cc(NS(C)(=O)=O)cc(C(=O)O)c1.Clc1ccc(OCc2ccccc2)cc1. The summed E-state index contributed by atoms with van der Waals surface area (Å²) in [6.07, 6.45) is 12.7. The van der Waals surface area contributed by atoms with Crippen LogP contribution in [0.4, 0.5) is 5.69 Å². The minimum absolute atomic E-state index is 0.0295. The molecule has 2 N–H and O–H groups in total. The Morgan fingerprint density at radius 2 is 1.58 bits per heavy atom. The van der Waals surface area contributed by atoms with Crippen molar-refractivity contribution in [3.8, 4) is 18.6 Å². The lowest BCUT2D eigenvalue weighted by Crippen LogP contribution is -2.11. The predicted octanol–water partition coefficient (Wildman–Crippen LogP) is 7.29. The lowest BCUT2D eigenvalue weighted by molar-refractivity contribution is 0.0697. The molecule has 0 unspecified atom stereocenters. The molecule has 0 atom stereocenters. The third kappa shape index (κ3) is 11.8. The molecule has 3 aromatic carbocycles. The lowest BCUT2D eigenvalue weighted by atomic mass is 9.98. The molecule has 6 nitrogen and oxygen atoms in total. The zero-order valence-corrected chi connectivity index (χ0v) is 23.4.